The lowest BCUT2D eigenvalue weighted by molar-refractivity contribution is 0.219. The van der Waals surface area contributed by atoms with Gasteiger partial charge in [-0.1, -0.05) is 0 Å². The van der Waals surface area contributed by atoms with Crippen LogP contribution in [0, 0.1) is 17.5 Å². The zero-order valence-corrected chi connectivity index (χ0v) is 18.8. The summed E-state index contributed by atoms with van der Waals surface area (Å²) in [5, 5.41) is 0.594. The van der Waals surface area contributed by atoms with Gasteiger partial charge in [0.15, 0.2) is 0 Å². The van der Waals surface area contributed by atoms with Gasteiger partial charge in [-0.15, -0.1) is 0 Å². The third kappa shape index (κ3) is 3.48. The SMILES string of the molecule is CN1C(=O)N(c2ccc(-c3cn(C4CC4)c4ncnc(N)c34)c(F)c2)CC1c1cc(F)cc(F)c1. The standard InChI is InChI=1S/C25H21F3N6O/c1-32-21(13-6-14(26)8-15(27)7-13)11-34(25(32)35)17-4-5-18(20(28)9-17)19-10-33(16-2-3-16)24-22(19)23(29)30-12-31-24/h4-10,12,16,21H,2-3,11H2,1H3,(H2,29,30,31). The van der Waals surface area contributed by atoms with Crippen LogP contribution < -0.4 is 10.6 Å². The number of nitrogen functional groups attached to an aromatic ring is 1. The van der Waals surface area contributed by atoms with E-state index in [0.29, 0.717) is 39.5 Å². The number of carbonyl (C=O) groups excluding carboxylic acids is 1. The molecule has 3 heterocycles. The van der Waals surface area contributed by atoms with E-state index in [0.717, 1.165) is 18.9 Å². The number of rotatable bonds is 4. The molecule has 1 saturated carbocycles. The summed E-state index contributed by atoms with van der Waals surface area (Å²) in [6.07, 6.45) is 5.30. The van der Waals surface area contributed by atoms with Crippen molar-refractivity contribution in [3.63, 3.8) is 0 Å². The quantitative estimate of drug-likeness (QED) is 0.445. The van der Waals surface area contributed by atoms with E-state index >= 15 is 4.39 Å². The predicted molar refractivity (Wildman–Crippen MR) is 125 cm³/mol. The van der Waals surface area contributed by atoms with E-state index in [1.54, 1.807) is 19.2 Å². The molecule has 2 aromatic carbocycles. The number of hydrogen-bond acceptors (Lipinski definition) is 4. The third-order valence-electron chi connectivity index (χ3n) is 6.76. The monoisotopic (exact) mass is 478 g/mol. The molecular formula is C25H21F3N6O. The predicted octanol–water partition coefficient (Wildman–Crippen LogP) is 5.05. The van der Waals surface area contributed by atoms with E-state index in [1.807, 2.05) is 10.8 Å². The zero-order valence-electron chi connectivity index (χ0n) is 18.8. The molecule has 2 amide bonds. The number of carbonyl (C=O) groups is 1. The molecule has 2 aromatic heterocycles. The first kappa shape index (κ1) is 21.5. The number of halogens is 3. The molecule has 1 aliphatic heterocycles. The summed E-state index contributed by atoms with van der Waals surface area (Å²) in [7, 11) is 1.55. The molecule has 35 heavy (non-hydrogen) atoms. The van der Waals surface area contributed by atoms with Crippen LogP contribution in [0.2, 0.25) is 0 Å². The zero-order chi connectivity index (χ0) is 24.4. The van der Waals surface area contributed by atoms with Crippen molar-refractivity contribution in [3.05, 3.63) is 71.9 Å². The molecule has 7 nitrogen and oxygen atoms in total. The maximum Gasteiger partial charge on any atom is 0.324 e. The summed E-state index contributed by atoms with van der Waals surface area (Å²) in [5.74, 6) is -1.70. The highest BCUT2D eigenvalue weighted by molar-refractivity contribution is 6.01. The van der Waals surface area contributed by atoms with E-state index in [9.17, 15) is 13.6 Å². The highest BCUT2D eigenvalue weighted by Gasteiger charge is 2.37. The van der Waals surface area contributed by atoms with Crippen molar-refractivity contribution in [1.82, 2.24) is 19.4 Å². The van der Waals surface area contributed by atoms with Crippen LogP contribution in [-0.4, -0.2) is 39.1 Å². The summed E-state index contributed by atoms with van der Waals surface area (Å²) >= 11 is 0. The first-order valence-electron chi connectivity index (χ1n) is 11.2. The van der Waals surface area contributed by atoms with E-state index < -0.39 is 29.5 Å². The van der Waals surface area contributed by atoms with Crippen LogP contribution in [0.5, 0.6) is 0 Å². The number of aromatic nitrogens is 3. The van der Waals surface area contributed by atoms with Crippen LogP contribution in [0.15, 0.2) is 48.9 Å². The Bertz CT molecular complexity index is 1480. The fraction of sp³-hybridized carbons (Fsp3) is 0.240. The van der Waals surface area contributed by atoms with Gasteiger partial charge in [-0.2, -0.15) is 0 Å². The van der Waals surface area contributed by atoms with Gasteiger partial charge in [0.25, 0.3) is 0 Å². The number of hydrogen-bond donors (Lipinski definition) is 1. The number of fused-ring (bicyclic) bond motifs is 1. The van der Waals surface area contributed by atoms with Gasteiger partial charge in [0.1, 0.15) is 35.2 Å². The van der Waals surface area contributed by atoms with Crippen molar-refractivity contribution >= 4 is 28.6 Å². The van der Waals surface area contributed by atoms with Crippen LogP contribution in [0.4, 0.5) is 29.5 Å². The number of nitrogens with zero attached hydrogens (tertiary/aromatic N) is 5. The highest BCUT2D eigenvalue weighted by Crippen LogP contribution is 2.43. The topological polar surface area (TPSA) is 80.3 Å². The molecule has 10 heteroatoms. The molecule has 4 aromatic rings. The highest BCUT2D eigenvalue weighted by atomic mass is 19.1. The fourth-order valence-electron chi connectivity index (χ4n) is 4.84. The Morgan fingerprint density at radius 3 is 2.43 bits per heavy atom. The van der Waals surface area contributed by atoms with E-state index in [2.05, 4.69) is 9.97 Å². The van der Waals surface area contributed by atoms with Crippen LogP contribution in [0.25, 0.3) is 22.2 Å². The van der Waals surface area contributed by atoms with Crippen molar-refractivity contribution in [3.8, 4) is 11.1 Å². The van der Waals surface area contributed by atoms with Crippen molar-refractivity contribution < 1.29 is 18.0 Å². The minimum atomic E-state index is -0.719. The smallest absolute Gasteiger partial charge is 0.324 e. The average Bonchev–Trinajstić information content (AvgIpc) is 3.52. The first-order chi connectivity index (χ1) is 16.8. The summed E-state index contributed by atoms with van der Waals surface area (Å²) in [4.78, 5) is 24.2. The Kier molecular flexibility index (Phi) is 4.73. The molecule has 1 saturated heterocycles. The Balaban J connectivity index is 1.36. The fourth-order valence-corrected chi connectivity index (χ4v) is 4.84. The minimum absolute atomic E-state index is 0.124. The third-order valence-corrected chi connectivity index (χ3v) is 6.76. The van der Waals surface area contributed by atoms with E-state index in [-0.39, 0.29) is 12.4 Å². The summed E-state index contributed by atoms with van der Waals surface area (Å²) in [6.45, 7) is 0.124. The number of anilines is 2. The lowest BCUT2D eigenvalue weighted by Crippen LogP contribution is -2.29. The minimum Gasteiger partial charge on any atom is -0.383 e. The van der Waals surface area contributed by atoms with Crippen LogP contribution in [0.1, 0.15) is 30.5 Å². The molecule has 2 fully saturated rings. The number of urea groups is 1. The molecule has 0 radical (unpaired) electrons. The maximum atomic E-state index is 15.5. The van der Waals surface area contributed by atoms with Crippen LogP contribution >= 0.6 is 0 Å². The van der Waals surface area contributed by atoms with Crippen molar-refractivity contribution in [2.24, 2.45) is 0 Å². The number of benzene rings is 2. The maximum absolute atomic E-state index is 15.5. The lowest BCUT2D eigenvalue weighted by Gasteiger charge is -2.18. The first-order valence-corrected chi connectivity index (χ1v) is 11.2. The normalized spacial score (nSPS) is 18.2. The van der Waals surface area contributed by atoms with E-state index in [1.165, 1.54) is 34.3 Å². The second-order valence-corrected chi connectivity index (χ2v) is 9.03. The van der Waals surface area contributed by atoms with Gasteiger partial charge >= 0.3 is 6.03 Å². The number of likely N-dealkylation sites (N-methyl/N-ethyl adjacent to an activating group) is 1. The second kappa shape index (κ2) is 7.72. The molecule has 178 valence electrons. The van der Waals surface area contributed by atoms with Gasteiger partial charge in [-0.25, -0.2) is 27.9 Å². The van der Waals surface area contributed by atoms with Gasteiger partial charge in [-0.3, -0.25) is 4.90 Å². The number of amides is 2. The molecule has 6 rings (SSSR count). The molecular weight excluding hydrogens is 457 g/mol. The molecule has 2 aliphatic rings. The Morgan fingerprint density at radius 1 is 1.00 bits per heavy atom. The van der Waals surface area contributed by atoms with Gasteiger partial charge in [-0.05, 0) is 48.7 Å². The molecule has 0 bridgehead atoms. The summed E-state index contributed by atoms with van der Waals surface area (Å²) in [5.41, 5.74) is 8.39. The van der Waals surface area contributed by atoms with Crippen LogP contribution in [-0.2, 0) is 0 Å². The van der Waals surface area contributed by atoms with Gasteiger partial charge in [0.2, 0.25) is 0 Å². The van der Waals surface area contributed by atoms with Gasteiger partial charge < -0.3 is 15.2 Å². The van der Waals surface area contributed by atoms with Crippen molar-refractivity contribution in [1.29, 1.82) is 0 Å². The van der Waals surface area contributed by atoms with Crippen molar-refractivity contribution in [2.75, 3.05) is 24.2 Å². The molecule has 1 aliphatic carbocycles. The van der Waals surface area contributed by atoms with Crippen LogP contribution in [0.3, 0.4) is 0 Å². The molecule has 0 spiro atoms. The lowest BCUT2D eigenvalue weighted by atomic mass is 10.0. The largest absolute Gasteiger partial charge is 0.383 e. The summed E-state index contributed by atoms with van der Waals surface area (Å²) in [6, 6.07) is 7.06. The molecule has 2 N–H and O–H groups in total. The van der Waals surface area contributed by atoms with E-state index in [4.69, 9.17) is 5.73 Å². The van der Waals surface area contributed by atoms with Gasteiger partial charge in [0, 0.05) is 42.2 Å². The summed E-state index contributed by atoms with van der Waals surface area (Å²) < 4.78 is 45.0. The Hall–Kier alpha value is -4.08. The number of nitrogens with two attached hydrogens (primary N) is 1. The van der Waals surface area contributed by atoms with Gasteiger partial charge in [0.05, 0.1) is 18.0 Å². The Labute approximate surface area is 198 Å². The molecule has 1 unspecified atom stereocenters. The Morgan fingerprint density at radius 2 is 1.74 bits per heavy atom. The molecule has 1 atom stereocenters. The van der Waals surface area contributed by atoms with Crippen molar-refractivity contribution in [2.45, 2.75) is 24.9 Å². The second-order valence-electron chi connectivity index (χ2n) is 9.03. The average molecular weight is 478 g/mol.